The molecule has 2 atom stereocenters. The number of hydrogen-bond donors (Lipinski definition) is 2. The second kappa shape index (κ2) is 12.8. The van der Waals surface area contributed by atoms with Gasteiger partial charge >= 0.3 is 5.97 Å². The minimum Gasteiger partial charge on any atom is -0.467 e. The van der Waals surface area contributed by atoms with E-state index in [9.17, 15) is 19.1 Å². The fraction of sp³-hybridized carbons (Fsp3) is 0.333. The second-order valence-corrected chi connectivity index (χ2v) is 8.16. The number of aliphatic hydroxyl groups is 1. The molecule has 0 aliphatic carbocycles. The summed E-state index contributed by atoms with van der Waals surface area (Å²) in [6.07, 6.45) is 0.149. The number of nitrogens with zero attached hydrogens (tertiary/aromatic N) is 1. The highest BCUT2D eigenvalue weighted by atomic mass is 19.1. The molecule has 35 heavy (non-hydrogen) atoms. The monoisotopic (exact) mass is 480 g/mol. The number of hydrogen-bond acceptors (Lipinski definition) is 6. The van der Waals surface area contributed by atoms with Gasteiger partial charge in [0.1, 0.15) is 0 Å². The van der Waals surface area contributed by atoms with E-state index in [1.54, 1.807) is 12.1 Å². The molecule has 7 nitrogen and oxygen atoms in total. The molecule has 0 bridgehead atoms. The lowest BCUT2D eigenvalue weighted by molar-refractivity contribution is -0.145. The van der Waals surface area contributed by atoms with Crippen molar-refractivity contribution in [3.8, 4) is 11.8 Å². The van der Waals surface area contributed by atoms with Crippen molar-refractivity contribution in [2.75, 3.05) is 33.4 Å². The van der Waals surface area contributed by atoms with Crippen LogP contribution in [0.5, 0.6) is 0 Å². The fourth-order valence-electron chi connectivity index (χ4n) is 3.48. The van der Waals surface area contributed by atoms with Crippen LogP contribution in [-0.2, 0) is 20.8 Å². The minimum absolute atomic E-state index is 0.250. The van der Waals surface area contributed by atoms with Crippen LogP contribution in [-0.4, -0.2) is 67.4 Å². The Morgan fingerprint density at radius 3 is 2.43 bits per heavy atom. The molecule has 3 rings (SSSR count). The lowest BCUT2D eigenvalue weighted by Gasteiger charge is -2.26. The molecule has 1 aliphatic rings. The van der Waals surface area contributed by atoms with E-state index in [0.717, 1.165) is 32.8 Å². The lowest BCUT2D eigenvalue weighted by Crippen LogP contribution is -2.48. The zero-order chi connectivity index (χ0) is 25.2. The third kappa shape index (κ3) is 8.04. The number of aliphatic hydroxyl groups excluding tert-OH is 1. The van der Waals surface area contributed by atoms with Gasteiger partial charge in [-0.05, 0) is 54.3 Å². The van der Waals surface area contributed by atoms with Crippen molar-refractivity contribution in [1.29, 1.82) is 0 Å². The molecule has 184 valence electrons. The van der Waals surface area contributed by atoms with Crippen LogP contribution in [0.2, 0.25) is 0 Å². The standard InChI is InChI=1S/C27H29FN2O5/c1-19(31)25(27(33)34-2)29-26(32)23-10-7-21(8-11-23)17-24(28)12-9-20-3-5-22(6-4-20)18-30-13-15-35-16-14-30/h3-8,10-11,17,19,25,31H,13-16,18H2,1-2H3,(H,29,32)/b24-17-/t19-,25+/m1/s1. The SMILES string of the molecule is COC(=O)[C@@H](NC(=O)c1ccc(/C=C(\F)C#Cc2ccc(CN3CCOCC3)cc2)cc1)[C@@H](C)O. The lowest BCUT2D eigenvalue weighted by atomic mass is 10.1. The Hall–Kier alpha value is -3.51. The largest absolute Gasteiger partial charge is 0.467 e. The van der Waals surface area contributed by atoms with E-state index in [1.165, 1.54) is 37.8 Å². The summed E-state index contributed by atoms with van der Waals surface area (Å²) >= 11 is 0. The van der Waals surface area contributed by atoms with E-state index in [0.29, 0.717) is 11.1 Å². The summed E-state index contributed by atoms with van der Waals surface area (Å²) in [5.74, 6) is 3.39. The average molecular weight is 481 g/mol. The molecule has 0 radical (unpaired) electrons. The van der Waals surface area contributed by atoms with Crippen LogP contribution in [0.1, 0.15) is 34.0 Å². The van der Waals surface area contributed by atoms with Gasteiger partial charge in [0, 0.05) is 30.8 Å². The summed E-state index contributed by atoms with van der Waals surface area (Å²) in [6.45, 7) is 5.56. The number of ether oxygens (including phenoxy) is 2. The first-order chi connectivity index (χ1) is 16.9. The molecule has 1 heterocycles. The summed E-state index contributed by atoms with van der Waals surface area (Å²) in [5, 5.41) is 12.1. The van der Waals surface area contributed by atoms with E-state index >= 15 is 0 Å². The van der Waals surface area contributed by atoms with Crippen LogP contribution in [0.15, 0.2) is 54.4 Å². The first kappa shape index (κ1) is 26.1. The van der Waals surface area contributed by atoms with Crippen molar-refractivity contribution >= 4 is 18.0 Å². The molecule has 1 fully saturated rings. The molecule has 0 spiro atoms. The van der Waals surface area contributed by atoms with Crippen molar-refractivity contribution in [2.24, 2.45) is 0 Å². The van der Waals surface area contributed by atoms with Gasteiger partial charge in [-0.2, -0.15) is 4.39 Å². The third-order valence-electron chi connectivity index (χ3n) is 5.48. The number of morpholine rings is 1. The van der Waals surface area contributed by atoms with Gasteiger partial charge in [-0.15, -0.1) is 0 Å². The van der Waals surface area contributed by atoms with E-state index in [1.807, 2.05) is 24.3 Å². The number of carbonyl (C=O) groups is 2. The minimum atomic E-state index is -1.19. The zero-order valence-corrected chi connectivity index (χ0v) is 19.8. The molecule has 0 aromatic heterocycles. The van der Waals surface area contributed by atoms with E-state index < -0.39 is 29.8 Å². The molecule has 0 unspecified atom stereocenters. The van der Waals surface area contributed by atoms with E-state index in [2.05, 4.69) is 26.8 Å². The maximum atomic E-state index is 14.3. The van der Waals surface area contributed by atoms with Gasteiger partial charge in [-0.1, -0.05) is 30.2 Å². The number of benzene rings is 2. The first-order valence-corrected chi connectivity index (χ1v) is 11.3. The van der Waals surface area contributed by atoms with Gasteiger partial charge in [0.25, 0.3) is 5.91 Å². The third-order valence-corrected chi connectivity index (χ3v) is 5.48. The van der Waals surface area contributed by atoms with E-state index in [4.69, 9.17) is 4.74 Å². The Morgan fingerprint density at radius 1 is 1.17 bits per heavy atom. The highest BCUT2D eigenvalue weighted by Crippen LogP contribution is 2.12. The zero-order valence-electron chi connectivity index (χ0n) is 19.8. The van der Waals surface area contributed by atoms with Gasteiger partial charge in [0.05, 0.1) is 26.4 Å². The van der Waals surface area contributed by atoms with Crippen molar-refractivity contribution in [1.82, 2.24) is 10.2 Å². The fourth-order valence-corrected chi connectivity index (χ4v) is 3.48. The van der Waals surface area contributed by atoms with Crippen molar-refractivity contribution in [3.63, 3.8) is 0 Å². The van der Waals surface area contributed by atoms with Crippen LogP contribution in [0, 0.1) is 11.8 Å². The molecule has 1 amide bonds. The number of esters is 1. The topological polar surface area (TPSA) is 88.1 Å². The summed E-state index contributed by atoms with van der Waals surface area (Å²) in [4.78, 5) is 26.4. The molecule has 0 saturated carbocycles. The van der Waals surface area contributed by atoms with Crippen molar-refractivity contribution < 1.29 is 28.6 Å². The Bertz CT molecular complexity index is 1100. The van der Waals surface area contributed by atoms with Gasteiger partial charge in [-0.3, -0.25) is 9.69 Å². The molecular formula is C27H29FN2O5. The normalized spacial score (nSPS) is 15.9. The Kier molecular flexibility index (Phi) is 9.56. The number of nitrogens with one attached hydrogen (secondary N) is 1. The van der Waals surface area contributed by atoms with Crippen molar-refractivity contribution in [2.45, 2.75) is 25.6 Å². The number of carbonyl (C=O) groups excluding carboxylic acids is 2. The van der Waals surface area contributed by atoms with Crippen LogP contribution >= 0.6 is 0 Å². The van der Waals surface area contributed by atoms with Gasteiger partial charge in [0.2, 0.25) is 0 Å². The highest BCUT2D eigenvalue weighted by Gasteiger charge is 2.26. The Morgan fingerprint density at radius 2 is 1.83 bits per heavy atom. The molecule has 2 aromatic carbocycles. The maximum absolute atomic E-state index is 14.3. The van der Waals surface area contributed by atoms with Gasteiger partial charge < -0.3 is 19.9 Å². The summed E-state index contributed by atoms with van der Waals surface area (Å²) in [5.41, 5.74) is 2.66. The average Bonchev–Trinajstić information content (AvgIpc) is 2.87. The number of rotatable bonds is 7. The molecule has 8 heteroatoms. The maximum Gasteiger partial charge on any atom is 0.331 e. The number of methoxy groups -OCH3 is 1. The Balaban J connectivity index is 1.58. The van der Waals surface area contributed by atoms with Gasteiger partial charge in [0.15, 0.2) is 11.9 Å². The van der Waals surface area contributed by atoms with Crippen molar-refractivity contribution in [3.05, 3.63) is 76.6 Å². The van der Waals surface area contributed by atoms with Crippen LogP contribution < -0.4 is 5.32 Å². The number of halogens is 1. The van der Waals surface area contributed by atoms with Crippen LogP contribution in [0.4, 0.5) is 4.39 Å². The first-order valence-electron chi connectivity index (χ1n) is 11.3. The highest BCUT2D eigenvalue weighted by molar-refractivity contribution is 5.97. The number of allylic oxidation sites excluding steroid dienone is 1. The van der Waals surface area contributed by atoms with Crippen LogP contribution in [0.3, 0.4) is 0 Å². The Labute approximate surface area is 204 Å². The summed E-state index contributed by atoms with van der Waals surface area (Å²) in [7, 11) is 1.17. The number of amides is 1. The molecule has 1 saturated heterocycles. The summed E-state index contributed by atoms with van der Waals surface area (Å²) < 4.78 is 24.3. The molecule has 1 aliphatic heterocycles. The predicted molar refractivity (Wildman–Crippen MR) is 130 cm³/mol. The van der Waals surface area contributed by atoms with Gasteiger partial charge in [-0.25, -0.2) is 4.79 Å². The van der Waals surface area contributed by atoms with Crippen LogP contribution in [0.25, 0.3) is 6.08 Å². The molecule has 2 aromatic rings. The smallest absolute Gasteiger partial charge is 0.331 e. The summed E-state index contributed by atoms with van der Waals surface area (Å²) in [6, 6.07) is 12.7. The second-order valence-electron chi connectivity index (χ2n) is 8.16. The molecule has 2 N–H and O–H groups in total. The molecular weight excluding hydrogens is 451 g/mol. The van der Waals surface area contributed by atoms with E-state index in [-0.39, 0.29) is 5.56 Å². The quantitative estimate of drug-likeness (QED) is 0.468. The predicted octanol–water partition coefficient (Wildman–Crippen LogP) is 2.53.